The Morgan fingerprint density at radius 3 is 2.72 bits per heavy atom. The van der Waals surface area contributed by atoms with E-state index in [1.54, 1.807) is 24.1 Å². The lowest BCUT2D eigenvalue weighted by atomic mass is 10.1. The molecule has 4 atom stereocenters. The topological polar surface area (TPSA) is 162 Å². The summed E-state index contributed by atoms with van der Waals surface area (Å²) in [6.07, 6.45) is -1.76. The molecular formula is C14H16N6O5. The van der Waals surface area contributed by atoms with Crippen LogP contribution in [0.5, 0.6) is 0 Å². The molecule has 3 heterocycles. The fraction of sp³-hybridized carbons (Fsp3) is 0.429. The summed E-state index contributed by atoms with van der Waals surface area (Å²) in [5.74, 6) is 4.14. The molecule has 11 nitrogen and oxygen atoms in total. The van der Waals surface area contributed by atoms with Crippen molar-refractivity contribution in [1.29, 1.82) is 0 Å². The number of imidazole rings is 1. The Labute approximate surface area is 141 Å². The second-order valence-corrected chi connectivity index (χ2v) is 5.47. The van der Waals surface area contributed by atoms with Crippen LogP contribution in [0.1, 0.15) is 28.4 Å². The summed E-state index contributed by atoms with van der Waals surface area (Å²) in [6, 6.07) is 0. The first-order valence-electron chi connectivity index (χ1n) is 7.29. The van der Waals surface area contributed by atoms with Crippen molar-refractivity contribution in [2.24, 2.45) is 12.8 Å². The molecule has 2 aromatic rings. The molecule has 25 heavy (non-hydrogen) atoms. The van der Waals surface area contributed by atoms with Crippen molar-refractivity contribution in [2.75, 3.05) is 6.61 Å². The van der Waals surface area contributed by atoms with Gasteiger partial charge in [0.25, 0.3) is 5.91 Å². The highest BCUT2D eigenvalue weighted by Gasteiger charge is 2.45. The van der Waals surface area contributed by atoms with Crippen LogP contribution in [0.3, 0.4) is 0 Å². The number of nitrogens with two attached hydrogens (primary N) is 1. The average Bonchev–Trinajstić information content (AvgIpc) is 3.25. The zero-order chi connectivity index (χ0) is 18.1. The minimum absolute atomic E-state index is 0.0304. The van der Waals surface area contributed by atoms with Gasteiger partial charge in [-0.05, 0) is 11.8 Å². The maximum absolute atomic E-state index is 11.6. The van der Waals surface area contributed by atoms with Crippen molar-refractivity contribution in [3.05, 3.63) is 29.9 Å². The third kappa shape index (κ3) is 3.24. The fourth-order valence-electron chi connectivity index (χ4n) is 2.40. The van der Waals surface area contributed by atoms with Crippen LogP contribution in [0.4, 0.5) is 0 Å². The number of aryl methyl sites for hydroxylation is 1. The van der Waals surface area contributed by atoms with Crippen LogP contribution in [0, 0.1) is 11.8 Å². The number of carbonyl (C=O) groups is 1. The van der Waals surface area contributed by atoms with E-state index in [2.05, 4.69) is 26.9 Å². The van der Waals surface area contributed by atoms with Crippen molar-refractivity contribution in [1.82, 2.24) is 24.3 Å². The van der Waals surface area contributed by atoms with E-state index in [4.69, 9.17) is 15.6 Å². The molecule has 11 heteroatoms. The molecule has 0 aliphatic carbocycles. The van der Waals surface area contributed by atoms with E-state index in [1.165, 1.54) is 0 Å². The smallest absolute Gasteiger partial charge is 0.286 e. The monoisotopic (exact) mass is 348 g/mol. The molecule has 0 radical (unpaired) electrons. The summed E-state index contributed by atoms with van der Waals surface area (Å²) >= 11 is 0. The highest BCUT2D eigenvalue weighted by molar-refractivity contribution is 5.89. The number of aromatic nitrogens is 5. The van der Waals surface area contributed by atoms with Crippen LogP contribution in [0.2, 0.25) is 0 Å². The second-order valence-electron chi connectivity index (χ2n) is 5.47. The van der Waals surface area contributed by atoms with Gasteiger partial charge < -0.3 is 30.4 Å². The predicted molar refractivity (Wildman–Crippen MR) is 80.7 cm³/mol. The zero-order valence-corrected chi connectivity index (χ0v) is 13.1. The standard InChI is InChI=1S/C14H16N6O5/c1-19-4-7(16-6-19)2-3-9-17-13(12(15)24)20(18-9)14-11(23)10(22)8(5-21)25-14/h4,6,8,10-11,14,21-23H,5H2,1H3,(H2,15,24)/t8-,10-,11-,14-/m1/s1. The number of carbonyl (C=O) groups excluding carboxylic acids is 1. The number of primary amides is 1. The van der Waals surface area contributed by atoms with Crippen LogP contribution in [0.25, 0.3) is 0 Å². The minimum Gasteiger partial charge on any atom is -0.394 e. The van der Waals surface area contributed by atoms with Crippen molar-refractivity contribution in [2.45, 2.75) is 24.5 Å². The number of aliphatic hydroxyl groups excluding tert-OH is 3. The molecule has 1 fully saturated rings. The molecule has 0 saturated carbocycles. The van der Waals surface area contributed by atoms with Gasteiger partial charge in [0, 0.05) is 13.2 Å². The summed E-state index contributed by atoms with van der Waals surface area (Å²) in [5.41, 5.74) is 5.76. The quantitative estimate of drug-likeness (QED) is 0.430. The highest BCUT2D eigenvalue weighted by Crippen LogP contribution is 2.29. The zero-order valence-electron chi connectivity index (χ0n) is 13.1. The van der Waals surface area contributed by atoms with E-state index >= 15 is 0 Å². The van der Waals surface area contributed by atoms with Gasteiger partial charge in [0.1, 0.15) is 24.0 Å². The van der Waals surface area contributed by atoms with Crippen LogP contribution in [-0.4, -0.2) is 70.5 Å². The van der Waals surface area contributed by atoms with Crippen LogP contribution >= 0.6 is 0 Å². The molecule has 0 bridgehead atoms. The number of ether oxygens (including phenoxy) is 1. The molecule has 0 unspecified atom stereocenters. The Morgan fingerprint density at radius 1 is 1.40 bits per heavy atom. The predicted octanol–water partition coefficient (Wildman–Crippen LogP) is -2.88. The lowest BCUT2D eigenvalue weighted by Crippen LogP contribution is -2.34. The first kappa shape index (κ1) is 17.1. The molecule has 2 aromatic heterocycles. The Bertz CT molecular complexity index is 850. The third-order valence-corrected chi connectivity index (χ3v) is 3.62. The van der Waals surface area contributed by atoms with Crippen molar-refractivity contribution in [3.63, 3.8) is 0 Å². The van der Waals surface area contributed by atoms with E-state index in [-0.39, 0.29) is 11.6 Å². The second kappa shape index (κ2) is 6.61. The number of aliphatic hydroxyl groups is 3. The maximum atomic E-state index is 11.6. The van der Waals surface area contributed by atoms with Gasteiger partial charge in [0.05, 0.1) is 12.9 Å². The van der Waals surface area contributed by atoms with E-state index < -0.39 is 37.1 Å². The molecular weight excluding hydrogens is 332 g/mol. The number of hydrogen-bond donors (Lipinski definition) is 4. The molecule has 1 saturated heterocycles. The summed E-state index contributed by atoms with van der Waals surface area (Å²) in [6.45, 7) is -0.512. The molecule has 0 spiro atoms. The fourth-order valence-corrected chi connectivity index (χ4v) is 2.40. The van der Waals surface area contributed by atoms with Crippen LogP contribution in [-0.2, 0) is 11.8 Å². The van der Waals surface area contributed by atoms with Crippen LogP contribution in [0.15, 0.2) is 12.5 Å². The van der Waals surface area contributed by atoms with Gasteiger partial charge in [-0.1, -0.05) is 0 Å². The van der Waals surface area contributed by atoms with Gasteiger partial charge >= 0.3 is 0 Å². The number of rotatable bonds is 3. The SMILES string of the molecule is Cn1cnc(C#Cc2nc(C(N)=O)n([C@@H]3O[C@H](CO)[C@@H](O)[C@H]3O)n2)c1. The lowest BCUT2D eigenvalue weighted by molar-refractivity contribution is -0.0595. The molecule has 0 aromatic carbocycles. The summed E-state index contributed by atoms with van der Waals surface area (Å²) in [7, 11) is 1.79. The maximum Gasteiger partial charge on any atom is 0.286 e. The van der Waals surface area contributed by atoms with Crippen molar-refractivity contribution >= 4 is 5.91 Å². The molecule has 1 aliphatic rings. The molecule has 1 amide bonds. The minimum atomic E-state index is -1.42. The van der Waals surface area contributed by atoms with Gasteiger partial charge in [-0.15, -0.1) is 5.10 Å². The summed E-state index contributed by atoms with van der Waals surface area (Å²) in [5, 5.41) is 33.0. The van der Waals surface area contributed by atoms with E-state index in [1.807, 2.05) is 0 Å². The van der Waals surface area contributed by atoms with E-state index in [0.29, 0.717) is 5.69 Å². The van der Waals surface area contributed by atoms with Gasteiger partial charge in [0.2, 0.25) is 11.6 Å². The normalized spacial score (nSPS) is 25.6. The molecule has 3 rings (SSSR count). The van der Waals surface area contributed by atoms with Gasteiger partial charge in [0.15, 0.2) is 6.23 Å². The average molecular weight is 348 g/mol. The largest absolute Gasteiger partial charge is 0.394 e. The Kier molecular flexibility index (Phi) is 4.51. The Balaban J connectivity index is 1.93. The van der Waals surface area contributed by atoms with E-state index in [0.717, 1.165) is 4.68 Å². The Hall–Kier alpha value is -2.78. The van der Waals surface area contributed by atoms with Crippen LogP contribution < -0.4 is 5.73 Å². The third-order valence-electron chi connectivity index (χ3n) is 3.62. The number of nitrogens with zero attached hydrogens (tertiary/aromatic N) is 5. The van der Waals surface area contributed by atoms with Gasteiger partial charge in [-0.3, -0.25) is 4.79 Å². The number of amides is 1. The van der Waals surface area contributed by atoms with E-state index in [9.17, 15) is 15.0 Å². The molecule has 1 aliphatic heterocycles. The molecule has 132 valence electrons. The number of hydrogen-bond acceptors (Lipinski definition) is 8. The van der Waals surface area contributed by atoms with Gasteiger partial charge in [-0.2, -0.15) is 4.98 Å². The Morgan fingerprint density at radius 2 is 2.16 bits per heavy atom. The summed E-state index contributed by atoms with van der Waals surface area (Å²) in [4.78, 5) is 19.5. The first-order chi connectivity index (χ1) is 11.9. The first-order valence-corrected chi connectivity index (χ1v) is 7.29. The van der Waals surface area contributed by atoms with Crippen molar-refractivity contribution in [3.8, 4) is 11.8 Å². The molecule has 5 N–H and O–H groups in total. The van der Waals surface area contributed by atoms with Crippen molar-refractivity contribution < 1.29 is 24.9 Å². The lowest BCUT2D eigenvalue weighted by Gasteiger charge is -2.15. The summed E-state index contributed by atoms with van der Waals surface area (Å²) < 4.78 is 8.00. The highest BCUT2D eigenvalue weighted by atomic mass is 16.6. The van der Waals surface area contributed by atoms with Gasteiger partial charge in [-0.25, -0.2) is 9.67 Å².